The highest BCUT2D eigenvalue weighted by atomic mass is 16.2. The number of hydrogen-bond donors (Lipinski definition) is 4. The van der Waals surface area contributed by atoms with Crippen molar-refractivity contribution in [2.45, 2.75) is 0 Å². The molecule has 0 spiro atoms. The predicted octanol–water partition coefficient (Wildman–Crippen LogP) is -2.08. The van der Waals surface area contributed by atoms with Crippen molar-refractivity contribution in [3.05, 3.63) is 44.1 Å². The third kappa shape index (κ3) is 5.39. The van der Waals surface area contributed by atoms with Crippen LogP contribution in [0.5, 0.6) is 0 Å². The van der Waals surface area contributed by atoms with Crippen LogP contribution in [-0.2, 0) is 0 Å². The maximum atomic E-state index is 10.2. The molecule has 7 nitrogen and oxygen atoms in total. The number of H-pyrrole nitrogens is 3. The number of nitrogens with one attached hydrogen (secondary N) is 3. The molecule has 13 heavy (non-hydrogen) atoms. The van der Waals surface area contributed by atoms with E-state index < -0.39 is 17.1 Å². The standard InChI is InChI=1S/C3H3N3O3.C3H6O/c7-1-4-2(8)6-3(9)5-1;1-2-3-4/h(H3,4,5,6,7,8,9);2,4H,1,3H2. The van der Waals surface area contributed by atoms with Gasteiger partial charge >= 0.3 is 17.1 Å². The molecule has 0 saturated carbocycles. The third-order valence-corrected chi connectivity index (χ3v) is 0.810. The van der Waals surface area contributed by atoms with Crippen molar-refractivity contribution in [3.8, 4) is 0 Å². The molecule has 0 saturated heterocycles. The van der Waals surface area contributed by atoms with Crippen LogP contribution in [0.15, 0.2) is 27.0 Å². The Kier molecular flexibility index (Phi) is 4.89. The number of aliphatic hydroxyl groups is 1. The van der Waals surface area contributed by atoms with Crippen molar-refractivity contribution in [2.75, 3.05) is 6.61 Å². The summed E-state index contributed by atoms with van der Waals surface area (Å²) in [7, 11) is 0. The Labute approximate surface area is 71.8 Å². The summed E-state index contributed by atoms with van der Waals surface area (Å²) in [5, 5.41) is 7.76. The maximum absolute atomic E-state index is 10.2. The first-order valence-corrected chi connectivity index (χ1v) is 3.25. The quantitative estimate of drug-likeness (QED) is 0.377. The molecule has 1 rings (SSSR count). The summed E-state index contributed by atoms with van der Waals surface area (Å²) < 4.78 is 0. The number of rotatable bonds is 1. The molecule has 0 radical (unpaired) electrons. The van der Waals surface area contributed by atoms with E-state index in [1.54, 1.807) is 15.0 Å². The summed E-state index contributed by atoms with van der Waals surface area (Å²) in [5.74, 6) is 0. The molecule has 0 bridgehead atoms. The molecule has 0 amide bonds. The van der Waals surface area contributed by atoms with E-state index in [9.17, 15) is 14.4 Å². The SMILES string of the molecule is C=CCO.O=c1[nH]c(=O)[nH]c(=O)[nH]1. The van der Waals surface area contributed by atoms with Crippen LogP contribution in [0.1, 0.15) is 0 Å². The van der Waals surface area contributed by atoms with Gasteiger partial charge in [0.25, 0.3) is 0 Å². The van der Waals surface area contributed by atoms with Gasteiger partial charge in [0, 0.05) is 0 Å². The average Bonchev–Trinajstić information content (AvgIpc) is 2.02. The highest BCUT2D eigenvalue weighted by Crippen LogP contribution is 1.46. The smallest absolute Gasteiger partial charge is 0.330 e. The van der Waals surface area contributed by atoms with Crippen LogP contribution in [0, 0.1) is 0 Å². The summed E-state index contributed by atoms with van der Waals surface area (Å²) in [5.41, 5.74) is -2.41. The predicted molar refractivity (Wildman–Crippen MR) is 45.6 cm³/mol. The Balaban J connectivity index is 0.000000310. The van der Waals surface area contributed by atoms with E-state index in [2.05, 4.69) is 6.58 Å². The van der Waals surface area contributed by atoms with Gasteiger partial charge in [0.1, 0.15) is 0 Å². The van der Waals surface area contributed by atoms with E-state index in [1.807, 2.05) is 0 Å². The first kappa shape index (κ1) is 11.1. The minimum atomic E-state index is -0.802. The molecule has 4 N–H and O–H groups in total. The molecule has 72 valence electrons. The number of aliphatic hydroxyl groups excluding tert-OH is 1. The van der Waals surface area contributed by atoms with Gasteiger partial charge < -0.3 is 5.11 Å². The lowest BCUT2D eigenvalue weighted by Crippen LogP contribution is -2.34. The lowest BCUT2D eigenvalue weighted by molar-refractivity contribution is 0.343. The zero-order valence-electron chi connectivity index (χ0n) is 6.66. The van der Waals surface area contributed by atoms with E-state index >= 15 is 0 Å². The lowest BCUT2D eigenvalue weighted by atomic mass is 10.7. The van der Waals surface area contributed by atoms with E-state index in [0.717, 1.165) is 0 Å². The molecule has 1 aromatic rings. The minimum Gasteiger partial charge on any atom is -0.392 e. The molecule has 0 aromatic carbocycles. The molecular weight excluding hydrogens is 178 g/mol. The number of aromatic amines is 3. The fourth-order valence-corrected chi connectivity index (χ4v) is 0.403. The molecule has 0 aliphatic heterocycles. The fourth-order valence-electron chi connectivity index (χ4n) is 0.403. The Morgan fingerprint density at radius 1 is 1.08 bits per heavy atom. The highest BCUT2D eigenvalue weighted by Gasteiger charge is 1.84. The van der Waals surface area contributed by atoms with Gasteiger partial charge in [0.2, 0.25) is 0 Å². The van der Waals surface area contributed by atoms with Crippen LogP contribution in [-0.4, -0.2) is 26.7 Å². The van der Waals surface area contributed by atoms with E-state index in [1.165, 1.54) is 6.08 Å². The number of hydrogen-bond acceptors (Lipinski definition) is 4. The van der Waals surface area contributed by atoms with Crippen molar-refractivity contribution in [2.24, 2.45) is 0 Å². The largest absolute Gasteiger partial charge is 0.392 e. The third-order valence-electron chi connectivity index (χ3n) is 0.810. The normalized spacial score (nSPS) is 8.38. The maximum Gasteiger partial charge on any atom is 0.330 e. The molecule has 1 aromatic heterocycles. The van der Waals surface area contributed by atoms with Gasteiger partial charge in [-0.25, -0.2) is 14.4 Å². The van der Waals surface area contributed by atoms with E-state index in [0.29, 0.717) is 0 Å². The van der Waals surface area contributed by atoms with Gasteiger partial charge in [-0.15, -0.1) is 6.58 Å². The molecule has 0 atom stereocenters. The highest BCUT2D eigenvalue weighted by molar-refractivity contribution is 4.61. The van der Waals surface area contributed by atoms with Crippen LogP contribution in [0.4, 0.5) is 0 Å². The van der Waals surface area contributed by atoms with Crippen LogP contribution < -0.4 is 17.1 Å². The van der Waals surface area contributed by atoms with Gasteiger partial charge in [-0.05, 0) is 0 Å². The summed E-state index contributed by atoms with van der Waals surface area (Å²) in [6.07, 6.45) is 1.43. The molecule has 0 aliphatic rings. The first-order chi connectivity index (χ1) is 6.10. The topological polar surface area (TPSA) is 119 Å². The minimum absolute atomic E-state index is 0.0833. The molecule has 1 heterocycles. The van der Waals surface area contributed by atoms with Gasteiger partial charge in [-0.3, -0.25) is 15.0 Å². The summed E-state index contributed by atoms with van der Waals surface area (Å²) in [6.45, 7) is 3.31. The summed E-state index contributed by atoms with van der Waals surface area (Å²) >= 11 is 0. The second-order valence-electron chi connectivity index (χ2n) is 1.83. The van der Waals surface area contributed by atoms with Crippen LogP contribution in [0.2, 0.25) is 0 Å². The van der Waals surface area contributed by atoms with Crippen molar-refractivity contribution in [3.63, 3.8) is 0 Å². The van der Waals surface area contributed by atoms with Crippen molar-refractivity contribution in [1.82, 2.24) is 15.0 Å². The van der Waals surface area contributed by atoms with Crippen LogP contribution in [0.25, 0.3) is 0 Å². The van der Waals surface area contributed by atoms with Crippen LogP contribution >= 0.6 is 0 Å². The molecule has 0 aliphatic carbocycles. The Morgan fingerprint density at radius 3 is 1.46 bits per heavy atom. The molecule has 7 heteroatoms. The summed E-state index contributed by atoms with van der Waals surface area (Å²) in [4.78, 5) is 35.9. The molecule has 0 fully saturated rings. The average molecular weight is 187 g/mol. The lowest BCUT2D eigenvalue weighted by Gasteiger charge is -1.77. The zero-order valence-corrected chi connectivity index (χ0v) is 6.66. The van der Waals surface area contributed by atoms with Gasteiger partial charge in [-0.1, -0.05) is 6.08 Å². The second kappa shape index (κ2) is 5.72. The molecule has 0 unspecified atom stereocenters. The van der Waals surface area contributed by atoms with Crippen molar-refractivity contribution >= 4 is 0 Å². The molecular formula is C6H9N3O4. The Morgan fingerprint density at radius 2 is 1.31 bits per heavy atom. The Bertz CT molecular complexity index is 334. The fraction of sp³-hybridized carbons (Fsp3) is 0.167. The second-order valence-corrected chi connectivity index (χ2v) is 1.83. The number of aromatic nitrogens is 3. The van der Waals surface area contributed by atoms with Gasteiger partial charge in [0.15, 0.2) is 0 Å². The monoisotopic (exact) mass is 187 g/mol. The van der Waals surface area contributed by atoms with Gasteiger partial charge in [-0.2, -0.15) is 0 Å². The Hall–Kier alpha value is -1.89. The van der Waals surface area contributed by atoms with Crippen LogP contribution in [0.3, 0.4) is 0 Å². The van der Waals surface area contributed by atoms with Crippen molar-refractivity contribution < 1.29 is 5.11 Å². The zero-order chi connectivity index (χ0) is 10.3. The first-order valence-electron chi connectivity index (χ1n) is 3.25. The van der Waals surface area contributed by atoms with E-state index in [-0.39, 0.29) is 6.61 Å². The van der Waals surface area contributed by atoms with Gasteiger partial charge in [0.05, 0.1) is 6.61 Å². The van der Waals surface area contributed by atoms with E-state index in [4.69, 9.17) is 5.11 Å². The van der Waals surface area contributed by atoms with Crippen molar-refractivity contribution in [1.29, 1.82) is 0 Å². The summed E-state index contributed by atoms with van der Waals surface area (Å²) in [6, 6.07) is 0.